The molecule has 2 aromatic heterocycles. The molecule has 0 aliphatic heterocycles. The molecule has 0 unspecified atom stereocenters. The number of nitrogens with one attached hydrogen (secondary N) is 1. The molecule has 0 saturated carbocycles. The Bertz CT molecular complexity index is 812. The smallest absolute Gasteiger partial charge is 0.387 e. The molecule has 3 rings (SSSR count). The van der Waals surface area contributed by atoms with Crippen molar-refractivity contribution in [2.24, 2.45) is 0 Å². The van der Waals surface area contributed by atoms with Crippen LogP contribution < -0.4 is 10.1 Å². The molecule has 0 atom stereocenters. The zero-order valence-electron chi connectivity index (χ0n) is 11.8. The fourth-order valence-electron chi connectivity index (χ4n) is 2.08. The number of hydrogen-bond donors (Lipinski definition) is 1. The number of benzene rings is 1. The Morgan fingerprint density at radius 2 is 2.00 bits per heavy atom. The van der Waals surface area contributed by atoms with Gasteiger partial charge in [0, 0.05) is 9.86 Å². The lowest BCUT2D eigenvalue weighted by atomic mass is 10.2. The molecule has 1 N–H and O–H groups in total. The molecule has 0 aliphatic rings. The molecule has 23 heavy (non-hydrogen) atoms. The Kier molecular flexibility index (Phi) is 4.66. The first-order valence-corrected chi connectivity index (χ1v) is 7.60. The van der Waals surface area contributed by atoms with Crippen molar-refractivity contribution in [3.8, 4) is 5.75 Å². The van der Waals surface area contributed by atoms with Crippen LogP contribution in [0.15, 0.2) is 53.1 Å². The van der Waals surface area contributed by atoms with Crippen LogP contribution in [0.2, 0.25) is 0 Å². The minimum absolute atomic E-state index is 0.0384. The van der Waals surface area contributed by atoms with E-state index in [1.807, 2.05) is 30.3 Å². The van der Waals surface area contributed by atoms with Crippen LogP contribution in [0.4, 0.5) is 14.6 Å². The van der Waals surface area contributed by atoms with Gasteiger partial charge in [-0.2, -0.15) is 8.78 Å². The van der Waals surface area contributed by atoms with Crippen molar-refractivity contribution < 1.29 is 13.5 Å². The second-order valence-corrected chi connectivity index (χ2v) is 5.58. The number of rotatable bonds is 5. The number of ether oxygens (including phenoxy) is 1. The van der Waals surface area contributed by atoms with E-state index < -0.39 is 6.61 Å². The summed E-state index contributed by atoms with van der Waals surface area (Å²) >= 11 is 3.48. The number of fused-ring (bicyclic) bond motifs is 1. The van der Waals surface area contributed by atoms with Gasteiger partial charge in [-0.05, 0) is 46.3 Å². The van der Waals surface area contributed by atoms with Gasteiger partial charge >= 0.3 is 6.61 Å². The Morgan fingerprint density at radius 1 is 1.13 bits per heavy atom. The highest BCUT2D eigenvalue weighted by Crippen LogP contribution is 2.23. The van der Waals surface area contributed by atoms with Crippen LogP contribution >= 0.6 is 15.9 Å². The van der Waals surface area contributed by atoms with Gasteiger partial charge in [-0.1, -0.05) is 12.1 Å². The maximum absolute atomic E-state index is 12.1. The quantitative estimate of drug-likeness (QED) is 0.703. The van der Waals surface area contributed by atoms with Gasteiger partial charge in [0.1, 0.15) is 11.6 Å². The number of nitrogens with zero attached hydrogens (tertiary/aromatic N) is 2. The van der Waals surface area contributed by atoms with Crippen LogP contribution in [0.25, 0.3) is 10.9 Å². The Labute approximate surface area is 139 Å². The number of alkyl halides is 2. The van der Waals surface area contributed by atoms with E-state index in [9.17, 15) is 8.78 Å². The molecule has 4 nitrogen and oxygen atoms in total. The molecule has 0 aliphatic carbocycles. The van der Waals surface area contributed by atoms with Crippen molar-refractivity contribution >= 4 is 32.7 Å². The maximum Gasteiger partial charge on any atom is 0.387 e. The Balaban J connectivity index is 1.69. The van der Waals surface area contributed by atoms with E-state index >= 15 is 0 Å². The van der Waals surface area contributed by atoms with Crippen molar-refractivity contribution in [2.45, 2.75) is 13.2 Å². The second kappa shape index (κ2) is 6.87. The van der Waals surface area contributed by atoms with Crippen LogP contribution in [0.5, 0.6) is 5.75 Å². The first-order chi connectivity index (χ1) is 11.1. The fourth-order valence-corrected chi connectivity index (χ4v) is 2.55. The van der Waals surface area contributed by atoms with Crippen molar-refractivity contribution in [3.05, 3.63) is 58.8 Å². The van der Waals surface area contributed by atoms with Gasteiger partial charge in [0.25, 0.3) is 0 Å². The van der Waals surface area contributed by atoms with E-state index in [1.165, 1.54) is 12.3 Å². The molecule has 0 amide bonds. The van der Waals surface area contributed by atoms with Gasteiger partial charge in [-0.15, -0.1) is 0 Å². The highest BCUT2D eigenvalue weighted by molar-refractivity contribution is 9.10. The standard InChI is InChI=1S/C16H12BrF2N3O/c17-13-3-1-2-10-4-7-14(22-15(10)13)21-8-11-5-6-12(9-20-11)23-16(18)19/h1-7,9,16H,8H2,(H,21,22). The Morgan fingerprint density at radius 3 is 2.74 bits per heavy atom. The van der Waals surface area contributed by atoms with Crippen molar-refractivity contribution in [3.63, 3.8) is 0 Å². The largest absolute Gasteiger partial charge is 0.433 e. The summed E-state index contributed by atoms with van der Waals surface area (Å²) in [5.41, 5.74) is 1.56. The summed E-state index contributed by atoms with van der Waals surface area (Å²) in [6.45, 7) is -2.42. The molecule has 0 saturated heterocycles. The number of para-hydroxylation sites is 1. The molecular formula is C16H12BrF2N3O. The molecule has 0 radical (unpaired) electrons. The van der Waals surface area contributed by atoms with Crippen molar-refractivity contribution in [1.29, 1.82) is 0 Å². The number of anilines is 1. The van der Waals surface area contributed by atoms with Gasteiger partial charge in [0.2, 0.25) is 0 Å². The lowest BCUT2D eigenvalue weighted by molar-refractivity contribution is -0.0500. The van der Waals surface area contributed by atoms with Gasteiger partial charge in [-0.25, -0.2) is 4.98 Å². The molecule has 2 heterocycles. The number of halogens is 3. The zero-order valence-corrected chi connectivity index (χ0v) is 13.4. The van der Waals surface area contributed by atoms with Crippen LogP contribution in [0.3, 0.4) is 0 Å². The molecular weight excluding hydrogens is 368 g/mol. The van der Waals surface area contributed by atoms with E-state index in [2.05, 4.69) is 36.0 Å². The van der Waals surface area contributed by atoms with Gasteiger partial charge < -0.3 is 10.1 Å². The summed E-state index contributed by atoms with van der Waals surface area (Å²) in [6.07, 6.45) is 1.27. The SMILES string of the molecule is FC(F)Oc1ccc(CNc2ccc3cccc(Br)c3n2)nc1. The van der Waals surface area contributed by atoms with Crippen molar-refractivity contribution in [2.75, 3.05) is 5.32 Å². The summed E-state index contributed by atoms with van der Waals surface area (Å²) in [5, 5.41) is 4.20. The van der Waals surface area contributed by atoms with Gasteiger partial charge in [0.15, 0.2) is 0 Å². The first-order valence-electron chi connectivity index (χ1n) is 6.81. The van der Waals surface area contributed by atoms with E-state index in [1.54, 1.807) is 6.07 Å². The predicted octanol–water partition coefficient (Wildman–Crippen LogP) is 4.61. The summed E-state index contributed by atoms with van der Waals surface area (Å²) in [5.74, 6) is 0.746. The average molecular weight is 380 g/mol. The lowest BCUT2D eigenvalue weighted by Gasteiger charge is -2.08. The number of pyridine rings is 2. The minimum atomic E-state index is -2.85. The molecule has 1 aromatic carbocycles. The van der Waals surface area contributed by atoms with E-state index in [0.717, 1.165) is 15.4 Å². The molecule has 0 fully saturated rings. The molecule has 7 heteroatoms. The summed E-state index contributed by atoms with van der Waals surface area (Å²) < 4.78 is 29.3. The summed E-state index contributed by atoms with van der Waals surface area (Å²) in [6, 6.07) is 12.8. The summed E-state index contributed by atoms with van der Waals surface area (Å²) in [4.78, 5) is 8.61. The fraction of sp³-hybridized carbons (Fsp3) is 0.125. The number of hydrogen-bond acceptors (Lipinski definition) is 4. The average Bonchev–Trinajstić information content (AvgIpc) is 2.54. The zero-order chi connectivity index (χ0) is 16.2. The Hall–Kier alpha value is -2.28. The minimum Gasteiger partial charge on any atom is -0.433 e. The monoisotopic (exact) mass is 379 g/mol. The van der Waals surface area contributed by atoms with Crippen LogP contribution in [0.1, 0.15) is 5.69 Å². The van der Waals surface area contributed by atoms with Crippen LogP contribution in [-0.2, 0) is 6.54 Å². The highest BCUT2D eigenvalue weighted by Gasteiger charge is 2.05. The molecule has 118 valence electrons. The normalized spacial score (nSPS) is 11.0. The third-order valence-electron chi connectivity index (χ3n) is 3.14. The molecule has 0 spiro atoms. The molecule has 0 bridgehead atoms. The maximum atomic E-state index is 12.1. The van der Waals surface area contributed by atoms with Crippen LogP contribution in [-0.4, -0.2) is 16.6 Å². The third kappa shape index (κ3) is 3.92. The van der Waals surface area contributed by atoms with E-state index in [-0.39, 0.29) is 5.75 Å². The molecule has 3 aromatic rings. The third-order valence-corrected chi connectivity index (χ3v) is 3.78. The van der Waals surface area contributed by atoms with E-state index in [0.29, 0.717) is 18.1 Å². The second-order valence-electron chi connectivity index (χ2n) is 4.73. The summed E-state index contributed by atoms with van der Waals surface area (Å²) in [7, 11) is 0. The topological polar surface area (TPSA) is 47.0 Å². The first kappa shape index (κ1) is 15.6. The van der Waals surface area contributed by atoms with Crippen molar-refractivity contribution in [1.82, 2.24) is 9.97 Å². The highest BCUT2D eigenvalue weighted by atomic mass is 79.9. The van der Waals surface area contributed by atoms with Gasteiger partial charge in [0.05, 0.1) is 24.0 Å². The van der Waals surface area contributed by atoms with Crippen LogP contribution in [0, 0.1) is 0 Å². The predicted molar refractivity (Wildman–Crippen MR) is 87.6 cm³/mol. The van der Waals surface area contributed by atoms with E-state index in [4.69, 9.17) is 0 Å². The number of aromatic nitrogens is 2. The van der Waals surface area contributed by atoms with Gasteiger partial charge in [-0.3, -0.25) is 4.98 Å². The lowest BCUT2D eigenvalue weighted by Crippen LogP contribution is -2.05.